The number of fused-ring (bicyclic) bond motifs is 1. The molecule has 0 atom stereocenters. The van der Waals surface area contributed by atoms with Crippen molar-refractivity contribution in [2.45, 2.75) is 18.0 Å². The van der Waals surface area contributed by atoms with Crippen LogP contribution in [0.25, 0.3) is 11.0 Å². The van der Waals surface area contributed by atoms with Crippen molar-refractivity contribution in [3.05, 3.63) is 84.3 Å². The largest absolute Gasteiger partial charge is 0.492 e. The molecule has 0 saturated carbocycles. The van der Waals surface area contributed by atoms with E-state index in [1.54, 1.807) is 30.1 Å². The highest BCUT2D eigenvalue weighted by molar-refractivity contribution is 7.89. The summed E-state index contributed by atoms with van der Waals surface area (Å²) in [5.41, 5.74) is 3.30. The van der Waals surface area contributed by atoms with Gasteiger partial charge in [0.05, 0.1) is 15.9 Å². The van der Waals surface area contributed by atoms with E-state index in [2.05, 4.69) is 30.4 Å². The molecule has 0 aliphatic heterocycles. The Morgan fingerprint density at radius 2 is 1.67 bits per heavy atom. The molecule has 2 heterocycles. The molecule has 17 heteroatoms. The number of sulfonamides is 1. The summed E-state index contributed by atoms with van der Waals surface area (Å²) < 4.78 is 77.6. The Labute approximate surface area is 253 Å². The van der Waals surface area contributed by atoms with E-state index in [1.807, 2.05) is 29.8 Å². The number of nitrogens with one attached hydrogen (secondary N) is 3. The molecule has 12 nitrogen and oxygen atoms in total. The molecular weight excluding hydrogens is 620 g/mol. The van der Waals surface area contributed by atoms with Crippen LogP contribution in [-0.4, -0.2) is 47.1 Å². The lowest BCUT2D eigenvalue weighted by Crippen LogP contribution is -2.34. The van der Waals surface area contributed by atoms with Crippen LogP contribution in [0.5, 0.6) is 0 Å². The first-order valence-corrected chi connectivity index (χ1v) is 14.4. The Bertz CT molecular complexity index is 2000. The summed E-state index contributed by atoms with van der Waals surface area (Å²) in [5.74, 6) is -1.95. The highest BCUT2D eigenvalue weighted by Crippen LogP contribution is 2.29. The van der Waals surface area contributed by atoms with Gasteiger partial charge >= 0.3 is 12.1 Å². The second-order valence-electron chi connectivity index (χ2n) is 9.68. The average molecular weight is 645 g/mol. The van der Waals surface area contributed by atoms with E-state index in [9.17, 15) is 30.8 Å². The zero-order valence-corrected chi connectivity index (χ0v) is 24.5. The van der Waals surface area contributed by atoms with Gasteiger partial charge in [-0.3, -0.25) is 0 Å². The molecule has 0 unspecified atom stereocenters. The number of carbonyl (C=O) groups is 1. The van der Waals surface area contributed by atoms with Crippen LogP contribution in [0.4, 0.5) is 52.3 Å². The fraction of sp³-hybridized carbons (Fsp3) is 0.143. The number of benzene rings is 3. The summed E-state index contributed by atoms with van der Waals surface area (Å²) in [6.45, 7) is 1.41. The minimum absolute atomic E-state index is 0.0905. The maximum Gasteiger partial charge on any atom is 0.492 e. The molecule has 0 amide bonds. The Balaban J connectivity index is 1.34. The van der Waals surface area contributed by atoms with Crippen LogP contribution in [0.2, 0.25) is 0 Å². The number of hydrogen-bond donors (Lipinski definition) is 3. The van der Waals surface area contributed by atoms with E-state index < -0.39 is 27.1 Å². The SMILES string of the molecule is Cc1ccc(Nc2nccc(N(C)c3ccc4c(c3)nc(Nc3ccc(F)cc3)n4C)n2)cc1S(=O)(=O)NOC(=O)C(F)(F)F. The number of aromatic nitrogens is 4. The minimum Gasteiger partial charge on any atom is -0.348 e. The number of carbonyl (C=O) groups excluding carboxylic acids is 1. The first-order valence-electron chi connectivity index (χ1n) is 12.9. The molecule has 2 aromatic heterocycles. The Hall–Kier alpha value is -5.29. The number of rotatable bonds is 9. The molecule has 0 aliphatic rings. The molecular formula is C28H24F4N8O4S. The topological polar surface area (TPSA) is 143 Å². The summed E-state index contributed by atoms with van der Waals surface area (Å²) in [5, 5.41) is 6.04. The first-order chi connectivity index (χ1) is 21.2. The number of imidazole rings is 1. The van der Waals surface area contributed by atoms with E-state index in [0.717, 1.165) is 17.3 Å². The molecule has 0 bridgehead atoms. The van der Waals surface area contributed by atoms with E-state index in [0.29, 0.717) is 23.0 Å². The second-order valence-corrected chi connectivity index (χ2v) is 11.3. The van der Waals surface area contributed by atoms with Gasteiger partial charge < -0.3 is 24.9 Å². The van der Waals surface area contributed by atoms with Gasteiger partial charge in [0.25, 0.3) is 10.0 Å². The number of alkyl halides is 3. The lowest BCUT2D eigenvalue weighted by molar-refractivity contribution is -0.203. The molecule has 0 spiro atoms. The van der Waals surface area contributed by atoms with Gasteiger partial charge in [-0.1, -0.05) is 6.07 Å². The van der Waals surface area contributed by atoms with E-state index in [4.69, 9.17) is 0 Å². The second kappa shape index (κ2) is 12.0. The Kier molecular flexibility index (Phi) is 8.31. The lowest BCUT2D eigenvalue weighted by Gasteiger charge is -2.19. The number of hydrogen-bond acceptors (Lipinski definition) is 10. The molecule has 45 heavy (non-hydrogen) atoms. The summed E-state index contributed by atoms with van der Waals surface area (Å²) >= 11 is 0. The van der Waals surface area contributed by atoms with Gasteiger partial charge in [0.2, 0.25) is 11.9 Å². The van der Waals surface area contributed by atoms with Crippen LogP contribution in [0.1, 0.15) is 5.56 Å². The van der Waals surface area contributed by atoms with E-state index in [1.165, 1.54) is 42.3 Å². The van der Waals surface area contributed by atoms with Crippen molar-refractivity contribution in [1.29, 1.82) is 0 Å². The quantitative estimate of drug-likeness (QED) is 0.142. The fourth-order valence-corrected chi connectivity index (χ4v) is 5.24. The van der Waals surface area contributed by atoms with Gasteiger partial charge in [-0.05, 0) is 78.0 Å². The van der Waals surface area contributed by atoms with Crippen LogP contribution in [0.3, 0.4) is 0 Å². The van der Waals surface area contributed by atoms with Crippen LogP contribution in [0.15, 0.2) is 77.8 Å². The Morgan fingerprint density at radius 3 is 2.38 bits per heavy atom. The molecule has 5 aromatic rings. The summed E-state index contributed by atoms with van der Waals surface area (Å²) in [4.78, 5) is 30.5. The van der Waals surface area contributed by atoms with Crippen molar-refractivity contribution < 1.29 is 35.6 Å². The third-order valence-corrected chi connectivity index (χ3v) is 7.87. The Morgan fingerprint density at radius 1 is 0.956 bits per heavy atom. The molecule has 0 fully saturated rings. The summed E-state index contributed by atoms with van der Waals surface area (Å²) in [7, 11) is -1.04. The third-order valence-electron chi connectivity index (χ3n) is 6.55. The van der Waals surface area contributed by atoms with Crippen molar-refractivity contribution in [1.82, 2.24) is 24.4 Å². The van der Waals surface area contributed by atoms with Crippen LogP contribution >= 0.6 is 0 Å². The van der Waals surface area contributed by atoms with Crippen molar-refractivity contribution in [2.24, 2.45) is 7.05 Å². The molecule has 5 rings (SSSR count). The lowest BCUT2D eigenvalue weighted by atomic mass is 10.2. The van der Waals surface area contributed by atoms with Crippen LogP contribution in [0, 0.1) is 12.7 Å². The standard InChI is InChI=1S/C28H24F4N8O4S/c1-16-4-7-19(14-23(16)45(42,43)38-44-25(41)28(30,31)32)34-26-33-13-12-24(37-26)39(2)20-10-11-22-21(15-20)36-27(40(22)3)35-18-8-5-17(29)6-9-18/h4-15,38H,1-3H3,(H,35,36)(H,33,34,37). The zero-order valence-electron chi connectivity index (χ0n) is 23.7. The maximum atomic E-state index is 13.3. The van der Waals surface area contributed by atoms with Crippen LogP contribution < -0.4 is 20.4 Å². The molecule has 234 valence electrons. The van der Waals surface area contributed by atoms with Gasteiger partial charge in [-0.25, -0.2) is 27.6 Å². The van der Waals surface area contributed by atoms with Crippen molar-refractivity contribution in [3.8, 4) is 0 Å². The predicted molar refractivity (Wildman–Crippen MR) is 157 cm³/mol. The monoisotopic (exact) mass is 644 g/mol. The maximum absolute atomic E-state index is 13.3. The number of aryl methyl sites for hydroxylation is 2. The zero-order chi connectivity index (χ0) is 32.5. The van der Waals surface area contributed by atoms with Gasteiger partial charge in [0.15, 0.2) is 0 Å². The predicted octanol–water partition coefficient (Wildman–Crippen LogP) is 5.36. The average Bonchev–Trinajstić information content (AvgIpc) is 3.31. The van der Waals surface area contributed by atoms with Crippen molar-refractivity contribution in [2.75, 3.05) is 22.6 Å². The van der Waals surface area contributed by atoms with Crippen molar-refractivity contribution in [3.63, 3.8) is 0 Å². The summed E-state index contributed by atoms with van der Waals surface area (Å²) in [6.07, 6.45) is -3.90. The minimum atomic E-state index is -5.38. The van der Waals surface area contributed by atoms with Crippen LogP contribution in [-0.2, 0) is 26.7 Å². The number of nitrogens with zero attached hydrogens (tertiary/aromatic N) is 5. The molecule has 0 saturated heterocycles. The normalized spacial score (nSPS) is 11.8. The highest BCUT2D eigenvalue weighted by Gasteiger charge is 2.42. The van der Waals surface area contributed by atoms with Gasteiger partial charge in [0.1, 0.15) is 11.6 Å². The molecule has 3 aromatic carbocycles. The van der Waals surface area contributed by atoms with E-state index in [-0.39, 0.29) is 23.0 Å². The highest BCUT2D eigenvalue weighted by atomic mass is 32.2. The molecule has 0 aliphatic carbocycles. The number of halogens is 4. The van der Waals surface area contributed by atoms with Crippen molar-refractivity contribution >= 4 is 61.8 Å². The third kappa shape index (κ3) is 6.94. The van der Waals surface area contributed by atoms with Gasteiger partial charge in [-0.2, -0.15) is 18.2 Å². The van der Waals surface area contributed by atoms with Gasteiger partial charge in [0, 0.05) is 37.4 Å². The summed E-state index contributed by atoms with van der Waals surface area (Å²) in [6, 6.07) is 17.2. The number of anilines is 6. The molecule has 3 N–H and O–H groups in total. The van der Waals surface area contributed by atoms with E-state index >= 15 is 0 Å². The first kappa shape index (κ1) is 31.1. The molecule has 0 radical (unpaired) electrons. The smallest absolute Gasteiger partial charge is 0.348 e. The fourth-order valence-electron chi connectivity index (χ4n) is 4.19. The van der Waals surface area contributed by atoms with Gasteiger partial charge in [-0.15, -0.1) is 0 Å².